The van der Waals surface area contributed by atoms with Crippen molar-refractivity contribution < 1.29 is 4.74 Å². The molecule has 0 heterocycles. The van der Waals surface area contributed by atoms with Crippen molar-refractivity contribution in [1.29, 1.82) is 0 Å². The van der Waals surface area contributed by atoms with Crippen LogP contribution in [0.5, 0.6) is 0 Å². The second-order valence-corrected chi connectivity index (χ2v) is 3.99. The van der Waals surface area contributed by atoms with E-state index in [1.165, 1.54) is 16.7 Å². The Balaban J connectivity index is 2.26. The molecular weight excluding hydrogens is 208 g/mol. The highest BCUT2D eigenvalue weighted by Crippen LogP contribution is 2.21. The van der Waals surface area contributed by atoms with Crippen LogP contribution >= 0.6 is 0 Å². The van der Waals surface area contributed by atoms with E-state index in [2.05, 4.69) is 55.1 Å². The van der Waals surface area contributed by atoms with Crippen LogP contribution in [0.25, 0.3) is 11.1 Å². The van der Waals surface area contributed by atoms with Gasteiger partial charge in [0.2, 0.25) is 0 Å². The van der Waals surface area contributed by atoms with Crippen LogP contribution in [0.2, 0.25) is 0 Å². The van der Waals surface area contributed by atoms with Crippen molar-refractivity contribution in [3.05, 3.63) is 72.5 Å². The number of methoxy groups -OCH3 is 1. The van der Waals surface area contributed by atoms with E-state index >= 15 is 0 Å². The highest BCUT2D eigenvalue weighted by Gasteiger charge is 2.00. The largest absolute Gasteiger partial charge is 0.501 e. The van der Waals surface area contributed by atoms with Gasteiger partial charge < -0.3 is 4.74 Å². The van der Waals surface area contributed by atoms with Crippen molar-refractivity contribution in [1.82, 2.24) is 0 Å². The molecule has 0 saturated carbocycles. The first kappa shape index (κ1) is 11.5. The van der Waals surface area contributed by atoms with Crippen LogP contribution in [0.15, 0.2) is 66.9 Å². The zero-order valence-corrected chi connectivity index (χ0v) is 10.0. The number of hydrogen-bond acceptors (Lipinski definition) is 1. The third-order valence-corrected chi connectivity index (χ3v) is 2.72. The molecule has 0 aromatic heterocycles. The third kappa shape index (κ3) is 2.97. The number of benzene rings is 2. The predicted octanol–water partition coefficient (Wildman–Crippen LogP) is 4.06. The van der Waals surface area contributed by atoms with Crippen LogP contribution in [-0.4, -0.2) is 7.11 Å². The quantitative estimate of drug-likeness (QED) is 0.712. The van der Waals surface area contributed by atoms with Crippen molar-refractivity contribution >= 4 is 0 Å². The lowest BCUT2D eigenvalue weighted by Crippen LogP contribution is -1.91. The molecule has 0 N–H and O–H groups in total. The molecule has 0 spiro atoms. The summed E-state index contributed by atoms with van der Waals surface area (Å²) in [7, 11) is 1.66. The second kappa shape index (κ2) is 5.35. The van der Waals surface area contributed by atoms with Crippen molar-refractivity contribution in [2.45, 2.75) is 6.42 Å². The Labute approximate surface area is 102 Å². The average Bonchev–Trinajstić information content (AvgIpc) is 2.40. The van der Waals surface area contributed by atoms with Gasteiger partial charge in [-0.2, -0.15) is 0 Å². The van der Waals surface area contributed by atoms with Gasteiger partial charge in [0.05, 0.1) is 12.9 Å². The number of hydrogen-bond donors (Lipinski definition) is 0. The molecule has 2 aromatic rings. The maximum atomic E-state index is 5.11. The Hall–Kier alpha value is -2.02. The molecule has 0 radical (unpaired) electrons. The van der Waals surface area contributed by atoms with E-state index in [-0.39, 0.29) is 0 Å². The van der Waals surface area contributed by atoms with Crippen LogP contribution in [-0.2, 0) is 11.2 Å². The molecule has 2 rings (SSSR count). The van der Waals surface area contributed by atoms with Gasteiger partial charge in [-0.15, -0.1) is 0 Å². The average molecular weight is 224 g/mol. The third-order valence-electron chi connectivity index (χ3n) is 2.72. The molecule has 17 heavy (non-hydrogen) atoms. The van der Waals surface area contributed by atoms with Crippen LogP contribution in [0, 0.1) is 0 Å². The molecule has 0 aliphatic heterocycles. The van der Waals surface area contributed by atoms with Gasteiger partial charge in [0.25, 0.3) is 0 Å². The minimum Gasteiger partial charge on any atom is -0.501 e. The standard InChI is InChI=1S/C16H16O/c1-13(17-2)11-14-7-6-10-16(12-14)15-8-4-3-5-9-15/h3-10,12H,1,11H2,2H3. The lowest BCUT2D eigenvalue weighted by atomic mass is 10.0. The van der Waals surface area contributed by atoms with Crippen LogP contribution in [0.3, 0.4) is 0 Å². The molecule has 86 valence electrons. The maximum Gasteiger partial charge on any atom is 0.0927 e. The summed E-state index contributed by atoms with van der Waals surface area (Å²) in [4.78, 5) is 0. The molecule has 2 aromatic carbocycles. The van der Waals surface area contributed by atoms with Crippen molar-refractivity contribution in [3.63, 3.8) is 0 Å². The highest BCUT2D eigenvalue weighted by atomic mass is 16.5. The molecule has 1 heteroatoms. The molecule has 0 atom stereocenters. The number of ether oxygens (including phenoxy) is 1. The molecule has 0 saturated heterocycles. The summed E-state index contributed by atoms with van der Waals surface area (Å²) in [6.07, 6.45) is 0.761. The maximum absolute atomic E-state index is 5.11. The summed E-state index contributed by atoms with van der Waals surface area (Å²) < 4.78 is 5.11. The Morgan fingerprint density at radius 1 is 1.00 bits per heavy atom. The second-order valence-electron chi connectivity index (χ2n) is 3.99. The SMILES string of the molecule is C=C(Cc1cccc(-c2ccccc2)c1)OC. The van der Waals surface area contributed by atoms with Gasteiger partial charge >= 0.3 is 0 Å². The minimum absolute atomic E-state index is 0.761. The molecular formula is C16H16O. The predicted molar refractivity (Wildman–Crippen MR) is 71.7 cm³/mol. The molecule has 0 fully saturated rings. The molecule has 0 bridgehead atoms. The van der Waals surface area contributed by atoms with E-state index in [0.717, 1.165) is 12.2 Å². The molecule has 0 aliphatic carbocycles. The van der Waals surface area contributed by atoms with Crippen molar-refractivity contribution in [2.75, 3.05) is 7.11 Å². The fraction of sp³-hybridized carbons (Fsp3) is 0.125. The Morgan fingerprint density at radius 2 is 1.71 bits per heavy atom. The van der Waals surface area contributed by atoms with E-state index < -0.39 is 0 Å². The van der Waals surface area contributed by atoms with E-state index in [4.69, 9.17) is 4.74 Å². The summed E-state index contributed by atoms with van der Waals surface area (Å²) in [6.45, 7) is 3.85. The van der Waals surface area contributed by atoms with Crippen molar-refractivity contribution in [3.8, 4) is 11.1 Å². The smallest absolute Gasteiger partial charge is 0.0927 e. The summed E-state index contributed by atoms with van der Waals surface area (Å²) in [5.41, 5.74) is 3.68. The summed E-state index contributed by atoms with van der Waals surface area (Å²) in [5, 5.41) is 0. The summed E-state index contributed by atoms with van der Waals surface area (Å²) >= 11 is 0. The number of rotatable bonds is 4. The Bertz CT molecular complexity index is 500. The first-order chi connectivity index (χ1) is 8.29. The summed E-state index contributed by atoms with van der Waals surface area (Å²) in [6, 6.07) is 18.8. The zero-order valence-electron chi connectivity index (χ0n) is 10.0. The normalized spacial score (nSPS) is 9.94. The van der Waals surface area contributed by atoms with Crippen molar-refractivity contribution in [2.24, 2.45) is 0 Å². The van der Waals surface area contributed by atoms with Gasteiger partial charge in [0.15, 0.2) is 0 Å². The van der Waals surface area contributed by atoms with Crippen LogP contribution in [0.4, 0.5) is 0 Å². The lowest BCUT2D eigenvalue weighted by Gasteiger charge is -2.07. The van der Waals surface area contributed by atoms with E-state index in [1.807, 2.05) is 6.07 Å². The van der Waals surface area contributed by atoms with Gasteiger partial charge in [-0.25, -0.2) is 0 Å². The van der Waals surface area contributed by atoms with Gasteiger partial charge in [-0.05, 0) is 16.7 Å². The highest BCUT2D eigenvalue weighted by molar-refractivity contribution is 5.64. The Kier molecular flexibility index (Phi) is 3.61. The minimum atomic E-state index is 0.761. The van der Waals surface area contributed by atoms with Crippen LogP contribution in [0.1, 0.15) is 5.56 Å². The fourth-order valence-corrected chi connectivity index (χ4v) is 1.79. The van der Waals surface area contributed by atoms with Gasteiger partial charge in [-0.1, -0.05) is 61.2 Å². The number of allylic oxidation sites excluding steroid dienone is 1. The van der Waals surface area contributed by atoms with Gasteiger partial charge in [0, 0.05) is 6.42 Å². The molecule has 1 nitrogen and oxygen atoms in total. The Morgan fingerprint density at radius 3 is 2.41 bits per heavy atom. The fourth-order valence-electron chi connectivity index (χ4n) is 1.79. The first-order valence-electron chi connectivity index (χ1n) is 5.66. The van der Waals surface area contributed by atoms with Gasteiger partial charge in [-0.3, -0.25) is 0 Å². The molecule has 0 amide bonds. The van der Waals surface area contributed by atoms with Crippen LogP contribution < -0.4 is 0 Å². The van der Waals surface area contributed by atoms with E-state index in [0.29, 0.717) is 0 Å². The van der Waals surface area contributed by atoms with E-state index in [9.17, 15) is 0 Å². The molecule has 0 unspecified atom stereocenters. The summed E-state index contributed by atoms with van der Waals surface area (Å²) in [5.74, 6) is 0.787. The topological polar surface area (TPSA) is 9.23 Å². The van der Waals surface area contributed by atoms with E-state index in [1.54, 1.807) is 7.11 Å². The lowest BCUT2D eigenvalue weighted by molar-refractivity contribution is 0.285. The van der Waals surface area contributed by atoms with Gasteiger partial charge in [0.1, 0.15) is 0 Å². The monoisotopic (exact) mass is 224 g/mol. The molecule has 0 aliphatic rings. The first-order valence-corrected chi connectivity index (χ1v) is 5.66. The zero-order chi connectivity index (χ0) is 12.1.